The van der Waals surface area contributed by atoms with E-state index < -0.39 is 0 Å². The monoisotopic (exact) mass is 214 g/mol. The van der Waals surface area contributed by atoms with E-state index in [2.05, 4.69) is 5.10 Å². The third kappa shape index (κ3) is 1.89. The summed E-state index contributed by atoms with van der Waals surface area (Å²) < 4.78 is 1.85. The van der Waals surface area contributed by atoms with Gasteiger partial charge in [-0.05, 0) is 25.5 Å². The Hall–Kier alpha value is -1.90. The fraction of sp³-hybridized carbons (Fsp3) is 0.231. The molecule has 0 atom stereocenters. The lowest BCUT2D eigenvalue weighted by Gasteiger charge is -2.02. The van der Waals surface area contributed by atoms with Crippen molar-refractivity contribution in [3.8, 4) is 11.3 Å². The minimum Gasteiger partial charge on any atom is -0.295 e. The zero-order valence-electron chi connectivity index (χ0n) is 9.69. The first kappa shape index (κ1) is 10.6. The van der Waals surface area contributed by atoms with E-state index in [0.29, 0.717) is 0 Å². The van der Waals surface area contributed by atoms with E-state index in [4.69, 9.17) is 0 Å². The van der Waals surface area contributed by atoms with Gasteiger partial charge in [-0.3, -0.25) is 9.48 Å². The maximum atomic E-state index is 11.1. The Balaban J connectivity index is 2.42. The topological polar surface area (TPSA) is 34.9 Å². The van der Waals surface area contributed by atoms with E-state index in [1.54, 1.807) is 6.92 Å². The molecule has 0 N–H and O–H groups in total. The van der Waals surface area contributed by atoms with Gasteiger partial charge in [-0.25, -0.2) is 0 Å². The first-order valence-corrected chi connectivity index (χ1v) is 5.20. The SMILES string of the molecule is CC(=O)c1ccc(-c2cc(C)nn2C)cc1. The summed E-state index contributed by atoms with van der Waals surface area (Å²) in [6.45, 7) is 3.54. The molecule has 0 bridgehead atoms. The second kappa shape index (κ2) is 3.93. The number of carbonyl (C=O) groups is 1. The lowest BCUT2D eigenvalue weighted by atomic mass is 10.1. The number of rotatable bonds is 2. The number of carbonyl (C=O) groups excluding carboxylic acids is 1. The van der Waals surface area contributed by atoms with Gasteiger partial charge in [0.05, 0.1) is 11.4 Å². The Labute approximate surface area is 94.7 Å². The predicted molar refractivity (Wildman–Crippen MR) is 63.4 cm³/mol. The highest BCUT2D eigenvalue weighted by molar-refractivity contribution is 5.94. The first-order valence-electron chi connectivity index (χ1n) is 5.20. The Morgan fingerprint density at radius 2 is 1.88 bits per heavy atom. The summed E-state index contributed by atoms with van der Waals surface area (Å²) in [4.78, 5) is 11.1. The van der Waals surface area contributed by atoms with Crippen LogP contribution < -0.4 is 0 Å². The molecule has 1 aromatic carbocycles. The average Bonchev–Trinajstić information content (AvgIpc) is 2.58. The molecule has 1 aromatic heterocycles. The minimum atomic E-state index is 0.0905. The number of aromatic nitrogens is 2. The van der Waals surface area contributed by atoms with Crippen molar-refractivity contribution in [1.82, 2.24) is 9.78 Å². The normalized spacial score (nSPS) is 10.4. The standard InChI is InChI=1S/C13H14N2O/c1-9-8-13(15(3)14-9)12-6-4-11(5-7-12)10(2)16/h4-8H,1-3H3. The van der Waals surface area contributed by atoms with Gasteiger partial charge in [0.1, 0.15) is 0 Å². The highest BCUT2D eigenvalue weighted by atomic mass is 16.1. The summed E-state index contributed by atoms with van der Waals surface area (Å²) in [7, 11) is 1.92. The maximum Gasteiger partial charge on any atom is 0.159 e. The van der Waals surface area contributed by atoms with Gasteiger partial charge in [0.2, 0.25) is 0 Å². The van der Waals surface area contributed by atoms with Crippen LogP contribution in [-0.2, 0) is 7.05 Å². The molecule has 3 heteroatoms. The van der Waals surface area contributed by atoms with Crippen molar-refractivity contribution in [2.75, 3.05) is 0 Å². The Morgan fingerprint density at radius 1 is 1.25 bits per heavy atom. The van der Waals surface area contributed by atoms with E-state index in [1.165, 1.54) is 0 Å². The van der Waals surface area contributed by atoms with Gasteiger partial charge in [0.25, 0.3) is 0 Å². The Morgan fingerprint density at radius 3 is 2.31 bits per heavy atom. The molecule has 0 aliphatic rings. The van der Waals surface area contributed by atoms with Crippen molar-refractivity contribution >= 4 is 5.78 Å². The molecule has 16 heavy (non-hydrogen) atoms. The van der Waals surface area contributed by atoms with E-state index in [-0.39, 0.29) is 5.78 Å². The largest absolute Gasteiger partial charge is 0.295 e. The predicted octanol–water partition coefficient (Wildman–Crippen LogP) is 2.60. The van der Waals surface area contributed by atoms with Crippen molar-refractivity contribution in [3.05, 3.63) is 41.6 Å². The molecule has 2 rings (SSSR count). The maximum absolute atomic E-state index is 11.1. The fourth-order valence-electron chi connectivity index (χ4n) is 1.76. The molecule has 0 amide bonds. The highest BCUT2D eigenvalue weighted by Gasteiger charge is 2.05. The van der Waals surface area contributed by atoms with Crippen LogP contribution in [0.4, 0.5) is 0 Å². The zero-order chi connectivity index (χ0) is 11.7. The molecular weight excluding hydrogens is 200 g/mol. The van der Waals surface area contributed by atoms with Gasteiger partial charge in [-0.2, -0.15) is 5.10 Å². The minimum absolute atomic E-state index is 0.0905. The van der Waals surface area contributed by atoms with Crippen molar-refractivity contribution in [1.29, 1.82) is 0 Å². The van der Waals surface area contributed by atoms with Crippen LogP contribution in [0.25, 0.3) is 11.3 Å². The third-order valence-electron chi connectivity index (χ3n) is 2.59. The van der Waals surface area contributed by atoms with Crippen LogP contribution in [0.5, 0.6) is 0 Å². The van der Waals surface area contributed by atoms with Gasteiger partial charge in [0.15, 0.2) is 5.78 Å². The van der Waals surface area contributed by atoms with E-state index >= 15 is 0 Å². The first-order chi connectivity index (χ1) is 7.58. The molecule has 3 nitrogen and oxygen atoms in total. The van der Waals surface area contributed by atoms with Crippen LogP contribution in [0.1, 0.15) is 23.0 Å². The summed E-state index contributed by atoms with van der Waals surface area (Å²) >= 11 is 0. The number of hydrogen-bond donors (Lipinski definition) is 0. The van der Waals surface area contributed by atoms with Crippen LogP contribution in [0.2, 0.25) is 0 Å². The Bertz CT molecular complexity index is 523. The quantitative estimate of drug-likeness (QED) is 0.720. The number of hydrogen-bond acceptors (Lipinski definition) is 2. The third-order valence-corrected chi connectivity index (χ3v) is 2.59. The van der Waals surface area contributed by atoms with E-state index in [0.717, 1.165) is 22.5 Å². The molecule has 0 radical (unpaired) electrons. The van der Waals surface area contributed by atoms with Crippen LogP contribution in [-0.4, -0.2) is 15.6 Å². The lowest BCUT2D eigenvalue weighted by molar-refractivity contribution is 0.101. The molecule has 0 aliphatic heterocycles. The van der Waals surface area contributed by atoms with Gasteiger partial charge >= 0.3 is 0 Å². The molecule has 0 unspecified atom stereocenters. The number of ketones is 1. The number of Topliss-reactive ketones (excluding diaryl/α,β-unsaturated/α-hetero) is 1. The van der Waals surface area contributed by atoms with Crippen LogP contribution in [0.15, 0.2) is 30.3 Å². The van der Waals surface area contributed by atoms with Crippen molar-refractivity contribution in [2.45, 2.75) is 13.8 Å². The highest BCUT2D eigenvalue weighted by Crippen LogP contribution is 2.20. The van der Waals surface area contributed by atoms with Gasteiger partial charge < -0.3 is 0 Å². The van der Waals surface area contributed by atoms with Crippen molar-refractivity contribution in [2.24, 2.45) is 7.05 Å². The number of nitrogens with zero attached hydrogens (tertiary/aromatic N) is 2. The van der Waals surface area contributed by atoms with Gasteiger partial charge in [0, 0.05) is 12.6 Å². The second-order valence-electron chi connectivity index (χ2n) is 3.93. The van der Waals surface area contributed by atoms with Crippen LogP contribution >= 0.6 is 0 Å². The summed E-state index contributed by atoms with van der Waals surface area (Å²) in [6, 6.07) is 9.63. The molecular formula is C13H14N2O. The average molecular weight is 214 g/mol. The molecule has 1 heterocycles. The smallest absolute Gasteiger partial charge is 0.159 e. The zero-order valence-corrected chi connectivity index (χ0v) is 9.69. The summed E-state index contributed by atoms with van der Waals surface area (Å²) in [5.41, 5.74) is 3.87. The fourth-order valence-corrected chi connectivity index (χ4v) is 1.76. The summed E-state index contributed by atoms with van der Waals surface area (Å²) in [6.07, 6.45) is 0. The van der Waals surface area contributed by atoms with Crippen LogP contribution in [0, 0.1) is 6.92 Å². The molecule has 82 valence electrons. The van der Waals surface area contributed by atoms with E-state index in [1.807, 2.05) is 49.0 Å². The van der Waals surface area contributed by atoms with Gasteiger partial charge in [-0.1, -0.05) is 24.3 Å². The molecule has 0 spiro atoms. The number of aryl methyl sites for hydroxylation is 2. The van der Waals surface area contributed by atoms with Crippen molar-refractivity contribution < 1.29 is 4.79 Å². The van der Waals surface area contributed by atoms with Gasteiger partial charge in [-0.15, -0.1) is 0 Å². The second-order valence-corrected chi connectivity index (χ2v) is 3.93. The molecule has 0 saturated carbocycles. The molecule has 0 saturated heterocycles. The number of benzene rings is 1. The molecule has 2 aromatic rings. The summed E-state index contributed by atoms with van der Waals surface area (Å²) in [5, 5.41) is 4.29. The lowest BCUT2D eigenvalue weighted by Crippen LogP contribution is -1.95. The molecule has 0 fully saturated rings. The van der Waals surface area contributed by atoms with Crippen molar-refractivity contribution in [3.63, 3.8) is 0 Å². The van der Waals surface area contributed by atoms with Crippen LogP contribution in [0.3, 0.4) is 0 Å². The summed E-state index contributed by atoms with van der Waals surface area (Å²) in [5.74, 6) is 0.0905. The van der Waals surface area contributed by atoms with E-state index in [9.17, 15) is 4.79 Å². The molecule has 0 aliphatic carbocycles. The Kier molecular flexibility index (Phi) is 2.60.